The van der Waals surface area contributed by atoms with Crippen molar-refractivity contribution in [1.29, 1.82) is 0 Å². The Hall–Kier alpha value is -2.11. The predicted octanol–water partition coefficient (Wildman–Crippen LogP) is 2.24. The minimum atomic E-state index is -4.70. The van der Waals surface area contributed by atoms with Gasteiger partial charge in [-0.1, -0.05) is 6.07 Å². The van der Waals surface area contributed by atoms with Crippen LogP contribution in [-0.2, 0) is 16.2 Å². The summed E-state index contributed by atoms with van der Waals surface area (Å²) in [6.07, 6.45) is -2.49. The number of sulfonamides is 1. The second-order valence-corrected chi connectivity index (χ2v) is 5.93. The van der Waals surface area contributed by atoms with Gasteiger partial charge in [0, 0.05) is 12.4 Å². The third-order valence-electron chi connectivity index (χ3n) is 2.63. The molecule has 0 spiro atoms. The van der Waals surface area contributed by atoms with Crippen molar-refractivity contribution in [3.63, 3.8) is 0 Å². The Morgan fingerprint density at radius 3 is 2.28 bits per heavy atom. The summed E-state index contributed by atoms with van der Waals surface area (Å²) in [7, 11) is -4.41. The highest BCUT2D eigenvalue weighted by atomic mass is 35.5. The number of nitrogens with zero attached hydrogens (tertiary/aromatic N) is 2. The van der Waals surface area contributed by atoms with E-state index in [0.717, 1.165) is 30.6 Å². The number of nitrogens with one attached hydrogen (secondary N) is 1. The van der Waals surface area contributed by atoms with E-state index in [1.807, 2.05) is 4.72 Å². The third kappa shape index (κ3) is 5.44. The summed E-state index contributed by atoms with van der Waals surface area (Å²) in [5.41, 5.74) is 3.44. The van der Waals surface area contributed by atoms with Crippen molar-refractivity contribution in [2.75, 3.05) is 4.72 Å². The molecule has 0 bridgehead atoms. The van der Waals surface area contributed by atoms with Crippen molar-refractivity contribution < 1.29 is 26.4 Å². The Balaban J connectivity index is 0.00000288. The van der Waals surface area contributed by atoms with Crippen LogP contribution in [0.5, 0.6) is 0 Å². The zero-order valence-corrected chi connectivity index (χ0v) is 14.5. The van der Waals surface area contributed by atoms with Gasteiger partial charge in [-0.05, 0) is 18.2 Å². The molecule has 0 saturated heterocycles. The van der Waals surface area contributed by atoms with E-state index in [1.54, 1.807) is 0 Å². The van der Waals surface area contributed by atoms with Crippen LogP contribution < -0.4 is 10.5 Å². The maximum Gasteiger partial charge on any atom is 0.416 e. The number of aromatic nitrogens is 2. The van der Waals surface area contributed by atoms with Crippen LogP contribution in [0.15, 0.2) is 41.6 Å². The Kier molecular flexibility index (Phi) is 7.62. The molecule has 1 aromatic heterocycles. The second kappa shape index (κ2) is 8.32. The summed E-state index contributed by atoms with van der Waals surface area (Å²) in [4.78, 5) is 17.7. The molecular formula is C12H11Cl2F3N4O3S. The molecular weight excluding hydrogens is 408 g/mol. The molecule has 1 aromatic carbocycles. The number of halogens is 5. The quantitative estimate of drug-likeness (QED) is 0.789. The van der Waals surface area contributed by atoms with Crippen LogP contribution >= 0.6 is 24.8 Å². The van der Waals surface area contributed by atoms with E-state index in [0.29, 0.717) is 6.07 Å². The molecule has 25 heavy (non-hydrogen) atoms. The number of hydrogen-bond acceptors (Lipinski definition) is 5. The number of benzene rings is 1. The molecule has 7 nitrogen and oxygen atoms in total. The molecule has 1 heterocycles. The van der Waals surface area contributed by atoms with E-state index in [2.05, 4.69) is 9.97 Å². The molecule has 0 saturated carbocycles. The van der Waals surface area contributed by atoms with Gasteiger partial charge in [-0.3, -0.25) is 9.52 Å². The molecule has 0 atom stereocenters. The molecule has 1 amide bonds. The van der Waals surface area contributed by atoms with Gasteiger partial charge in [-0.15, -0.1) is 24.8 Å². The molecule has 0 aliphatic rings. The van der Waals surface area contributed by atoms with Gasteiger partial charge in [0.15, 0.2) is 11.5 Å². The molecule has 0 aliphatic carbocycles. The predicted molar refractivity (Wildman–Crippen MR) is 87.3 cm³/mol. The normalized spacial score (nSPS) is 11.0. The minimum Gasteiger partial charge on any atom is -0.364 e. The van der Waals surface area contributed by atoms with Crippen LogP contribution in [0.1, 0.15) is 16.1 Å². The first-order chi connectivity index (χ1) is 10.6. The fourth-order valence-electron chi connectivity index (χ4n) is 1.62. The average molecular weight is 419 g/mol. The molecule has 0 aliphatic heterocycles. The van der Waals surface area contributed by atoms with Crippen LogP contribution in [0, 0.1) is 0 Å². The summed E-state index contributed by atoms with van der Waals surface area (Å²) < 4.78 is 64.2. The number of carbonyl (C=O) groups is 1. The monoisotopic (exact) mass is 418 g/mol. The summed E-state index contributed by atoms with van der Waals surface area (Å²) in [6, 6.07) is 3.11. The molecule has 0 fully saturated rings. The van der Waals surface area contributed by atoms with Gasteiger partial charge >= 0.3 is 6.18 Å². The highest BCUT2D eigenvalue weighted by Gasteiger charge is 2.32. The smallest absolute Gasteiger partial charge is 0.364 e. The van der Waals surface area contributed by atoms with Crippen molar-refractivity contribution in [2.24, 2.45) is 5.73 Å². The lowest BCUT2D eigenvalue weighted by Crippen LogP contribution is -2.21. The number of hydrogen-bond donors (Lipinski definition) is 2. The molecule has 3 N–H and O–H groups in total. The molecule has 0 radical (unpaired) electrons. The summed E-state index contributed by atoms with van der Waals surface area (Å²) in [5.74, 6) is -1.52. The van der Waals surface area contributed by atoms with Gasteiger partial charge in [0.2, 0.25) is 0 Å². The van der Waals surface area contributed by atoms with E-state index in [4.69, 9.17) is 5.73 Å². The largest absolute Gasteiger partial charge is 0.416 e. The zero-order valence-electron chi connectivity index (χ0n) is 12.0. The topological polar surface area (TPSA) is 115 Å². The number of nitrogens with two attached hydrogens (primary N) is 1. The first-order valence-electron chi connectivity index (χ1n) is 5.92. The number of primary amides is 1. The van der Waals surface area contributed by atoms with Crippen LogP contribution in [0.25, 0.3) is 0 Å². The number of alkyl halides is 3. The fraction of sp³-hybridized carbons (Fsp3) is 0.0833. The number of amides is 1. The van der Waals surface area contributed by atoms with Crippen molar-refractivity contribution >= 4 is 46.6 Å². The average Bonchev–Trinajstić information content (AvgIpc) is 2.46. The standard InChI is InChI=1S/C12H9F3N4O3S.2ClH/c13-12(14,15)7-2-1-3-8(6-7)23(21,22)19-11-9(10(16)20)17-4-5-18-11;;/h1-6H,(H2,16,20)(H,18,19);2*1H. The van der Waals surface area contributed by atoms with Crippen molar-refractivity contribution in [1.82, 2.24) is 9.97 Å². The Labute approximate surface area is 152 Å². The van der Waals surface area contributed by atoms with Crippen LogP contribution in [0.4, 0.5) is 19.0 Å². The Morgan fingerprint density at radius 1 is 1.12 bits per heavy atom. The highest BCUT2D eigenvalue weighted by molar-refractivity contribution is 7.92. The summed E-state index contributed by atoms with van der Waals surface area (Å²) in [6.45, 7) is 0. The van der Waals surface area contributed by atoms with Crippen molar-refractivity contribution in [2.45, 2.75) is 11.1 Å². The van der Waals surface area contributed by atoms with Gasteiger partial charge in [0.05, 0.1) is 10.5 Å². The number of anilines is 1. The lowest BCUT2D eigenvalue weighted by molar-refractivity contribution is -0.137. The Morgan fingerprint density at radius 2 is 1.72 bits per heavy atom. The van der Waals surface area contributed by atoms with Crippen LogP contribution in [0.2, 0.25) is 0 Å². The minimum absolute atomic E-state index is 0. The fourth-order valence-corrected chi connectivity index (χ4v) is 2.68. The first kappa shape index (κ1) is 22.9. The first-order valence-corrected chi connectivity index (χ1v) is 7.40. The van der Waals surface area contributed by atoms with E-state index in [9.17, 15) is 26.4 Å². The summed E-state index contributed by atoms with van der Waals surface area (Å²) >= 11 is 0. The molecule has 13 heteroatoms. The second-order valence-electron chi connectivity index (χ2n) is 4.25. The highest BCUT2D eigenvalue weighted by Crippen LogP contribution is 2.30. The van der Waals surface area contributed by atoms with Gasteiger partial charge in [0.25, 0.3) is 15.9 Å². The Bertz CT molecular complexity index is 863. The van der Waals surface area contributed by atoms with E-state index in [1.165, 1.54) is 0 Å². The molecule has 2 aromatic rings. The lowest BCUT2D eigenvalue weighted by atomic mass is 10.2. The maximum atomic E-state index is 12.7. The maximum absolute atomic E-state index is 12.7. The van der Waals surface area contributed by atoms with Gasteiger partial charge in [-0.25, -0.2) is 18.4 Å². The van der Waals surface area contributed by atoms with Crippen LogP contribution in [0.3, 0.4) is 0 Å². The summed E-state index contributed by atoms with van der Waals surface area (Å²) in [5, 5.41) is 0. The lowest BCUT2D eigenvalue weighted by Gasteiger charge is -2.11. The third-order valence-corrected chi connectivity index (χ3v) is 3.97. The van der Waals surface area contributed by atoms with Crippen molar-refractivity contribution in [3.8, 4) is 0 Å². The van der Waals surface area contributed by atoms with Crippen molar-refractivity contribution in [3.05, 3.63) is 47.9 Å². The zero-order chi connectivity index (χ0) is 17.3. The number of carbonyl (C=O) groups excluding carboxylic acids is 1. The van der Waals surface area contributed by atoms with E-state index in [-0.39, 0.29) is 24.8 Å². The van der Waals surface area contributed by atoms with Crippen LogP contribution in [-0.4, -0.2) is 24.3 Å². The number of rotatable bonds is 4. The molecule has 2 rings (SSSR count). The van der Waals surface area contributed by atoms with Gasteiger partial charge in [0.1, 0.15) is 0 Å². The van der Waals surface area contributed by atoms with Gasteiger partial charge in [-0.2, -0.15) is 13.2 Å². The SMILES string of the molecule is Cl.Cl.NC(=O)c1nccnc1NS(=O)(=O)c1cccc(C(F)(F)F)c1. The molecule has 0 unspecified atom stereocenters. The van der Waals surface area contributed by atoms with E-state index < -0.39 is 44.1 Å². The van der Waals surface area contributed by atoms with E-state index >= 15 is 0 Å². The molecule has 138 valence electrons. The van der Waals surface area contributed by atoms with Gasteiger partial charge < -0.3 is 5.73 Å².